The number of rotatable bonds is 0. The standard InChI is InChI=1S/C11H11NO3/c1-5-3-7-8(4-6(5)2)15-11(14)9(12)10(7)13/h3-4,13H,12H2,1-2H3. The van der Waals surface area contributed by atoms with Crippen LogP contribution in [0.4, 0.5) is 5.69 Å². The van der Waals surface area contributed by atoms with Crippen LogP contribution in [0.3, 0.4) is 0 Å². The van der Waals surface area contributed by atoms with E-state index in [1.165, 1.54) is 0 Å². The van der Waals surface area contributed by atoms with Crippen molar-refractivity contribution in [3.8, 4) is 5.75 Å². The third-order valence-electron chi connectivity index (χ3n) is 2.53. The third kappa shape index (κ3) is 1.34. The van der Waals surface area contributed by atoms with Gasteiger partial charge in [-0.25, -0.2) is 4.79 Å². The summed E-state index contributed by atoms with van der Waals surface area (Å²) in [5.41, 5.74) is 6.79. The number of aryl methyl sites for hydroxylation is 2. The number of benzene rings is 1. The summed E-state index contributed by atoms with van der Waals surface area (Å²) < 4.78 is 4.97. The van der Waals surface area contributed by atoms with Gasteiger partial charge in [0.25, 0.3) is 0 Å². The van der Waals surface area contributed by atoms with Gasteiger partial charge in [0, 0.05) is 0 Å². The van der Waals surface area contributed by atoms with E-state index >= 15 is 0 Å². The molecule has 0 atom stereocenters. The molecule has 1 aromatic heterocycles. The first kappa shape index (κ1) is 9.58. The van der Waals surface area contributed by atoms with Gasteiger partial charge in [-0.15, -0.1) is 0 Å². The van der Waals surface area contributed by atoms with Crippen molar-refractivity contribution < 1.29 is 9.52 Å². The van der Waals surface area contributed by atoms with E-state index in [4.69, 9.17) is 10.2 Å². The normalized spacial score (nSPS) is 10.8. The Hall–Kier alpha value is -1.97. The zero-order chi connectivity index (χ0) is 11.2. The second-order valence-corrected chi connectivity index (χ2v) is 3.58. The zero-order valence-electron chi connectivity index (χ0n) is 8.50. The van der Waals surface area contributed by atoms with E-state index in [1.54, 1.807) is 12.1 Å². The van der Waals surface area contributed by atoms with Crippen LogP contribution >= 0.6 is 0 Å². The Kier molecular flexibility index (Phi) is 1.93. The Morgan fingerprint density at radius 1 is 1.27 bits per heavy atom. The Labute approximate surface area is 85.9 Å². The molecule has 15 heavy (non-hydrogen) atoms. The molecule has 0 saturated heterocycles. The number of aromatic hydroxyl groups is 1. The maximum Gasteiger partial charge on any atom is 0.363 e. The summed E-state index contributed by atoms with van der Waals surface area (Å²) in [5, 5.41) is 10.1. The summed E-state index contributed by atoms with van der Waals surface area (Å²) in [7, 11) is 0. The predicted molar refractivity (Wildman–Crippen MR) is 58.0 cm³/mol. The number of hydrogen-bond acceptors (Lipinski definition) is 4. The summed E-state index contributed by atoms with van der Waals surface area (Å²) in [6.45, 7) is 3.82. The second-order valence-electron chi connectivity index (χ2n) is 3.58. The van der Waals surface area contributed by atoms with Crippen molar-refractivity contribution in [1.29, 1.82) is 0 Å². The van der Waals surface area contributed by atoms with Crippen LogP contribution in [0.5, 0.6) is 5.75 Å². The molecule has 0 amide bonds. The molecular formula is C11H11NO3. The van der Waals surface area contributed by atoms with Crippen molar-refractivity contribution in [2.75, 3.05) is 5.73 Å². The van der Waals surface area contributed by atoms with E-state index < -0.39 is 5.63 Å². The number of anilines is 1. The molecule has 0 unspecified atom stereocenters. The first-order valence-electron chi connectivity index (χ1n) is 4.53. The van der Waals surface area contributed by atoms with Crippen molar-refractivity contribution >= 4 is 16.7 Å². The average molecular weight is 205 g/mol. The molecule has 0 aliphatic carbocycles. The van der Waals surface area contributed by atoms with Crippen molar-refractivity contribution in [2.24, 2.45) is 0 Å². The van der Waals surface area contributed by atoms with E-state index in [0.717, 1.165) is 11.1 Å². The number of hydrogen-bond donors (Lipinski definition) is 2. The van der Waals surface area contributed by atoms with Crippen molar-refractivity contribution in [3.63, 3.8) is 0 Å². The first-order valence-corrected chi connectivity index (χ1v) is 4.53. The molecule has 1 aromatic carbocycles. The molecule has 4 nitrogen and oxygen atoms in total. The topological polar surface area (TPSA) is 76.5 Å². The van der Waals surface area contributed by atoms with Gasteiger partial charge in [0.1, 0.15) is 5.58 Å². The molecule has 0 saturated carbocycles. The fourth-order valence-electron chi connectivity index (χ4n) is 1.46. The van der Waals surface area contributed by atoms with Crippen LogP contribution in [0.2, 0.25) is 0 Å². The fourth-order valence-corrected chi connectivity index (χ4v) is 1.46. The van der Waals surface area contributed by atoms with E-state index in [0.29, 0.717) is 11.0 Å². The van der Waals surface area contributed by atoms with Gasteiger partial charge < -0.3 is 15.3 Å². The van der Waals surface area contributed by atoms with Gasteiger partial charge in [-0.1, -0.05) is 0 Å². The highest BCUT2D eigenvalue weighted by molar-refractivity contribution is 5.88. The Morgan fingerprint density at radius 2 is 1.87 bits per heavy atom. The monoisotopic (exact) mass is 205 g/mol. The van der Waals surface area contributed by atoms with E-state index in [9.17, 15) is 9.90 Å². The van der Waals surface area contributed by atoms with Crippen LogP contribution in [0.25, 0.3) is 11.0 Å². The lowest BCUT2D eigenvalue weighted by Crippen LogP contribution is -2.06. The predicted octanol–water partition coefficient (Wildman–Crippen LogP) is 1.70. The van der Waals surface area contributed by atoms with Crippen molar-refractivity contribution in [1.82, 2.24) is 0 Å². The summed E-state index contributed by atoms with van der Waals surface area (Å²) in [4.78, 5) is 11.2. The highest BCUT2D eigenvalue weighted by Gasteiger charge is 2.11. The van der Waals surface area contributed by atoms with Gasteiger partial charge in [-0.3, -0.25) is 0 Å². The molecular weight excluding hydrogens is 194 g/mol. The summed E-state index contributed by atoms with van der Waals surface area (Å²) in [5.74, 6) is -0.204. The molecule has 0 radical (unpaired) electrons. The van der Waals surface area contributed by atoms with E-state index in [1.807, 2.05) is 13.8 Å². The number of nitrogens with two attached hydrogens (primary N) is 1. The van der Waals surface area contributed by atoms with E-state index in [2.05, 4.69) is 0 Å². The molecule has 0 spiro atoms. The minimum atomic E-state index is -0.705. The molecule has 3 N–H and O–H groups in total. The highest BCUT2D eigenvalue weighted by atomic mass is 16.4. The second kappa shape index (κ2) is 3.02. The highest BCUT2D eigenvalue weighted by Crippen LogP contribution is 2.29. The molecule has 0 aliphatic rings. The van der Waals surface area contributed by atoms with Crippen LogP contribution in [-0.4, -0.2) is 5.11 Å². The molecule has 4 heteroatoms. The van der Waals surface area contributed by atoms with Gasteiger partial charge in [0.05, 0.1) is 5.39 Å². The minimum absolute atomic E-state index is 0.204. The van der Waals surface area contributed by atoms with Crippen molar-refractivity contribution in [3.05, 3.63) is 33.7 Å². The maximum absolute atomic E-state index is 11.2. The Morgan fingerprint density at radius 3 is 2.53 bits per heavy atom. The molecule has 0 bridgehead atoms. The van der Waals surface area contributed by atoms with Gasteiger partial charge in [0.2, 0.25) is 0 Å². The first-order chi connectivity index (χ1) is 7.00. The van der Waals surface area contributed by atoms with Crippen LogP contribution in [-0.2, 0) is 0 Å². The summed E-state index contributed by atoms with van der Waals surface area (Å²) in [6, 6.07) is 3.46. The summed E-state index contributed by atoms with van der Waals surface area (Å²) in [6.07, 6.45) is 0. The smallest absolute Gasteiger partial charge is 0.363 e. The van der Waals surface area contributed by atoms with Gasteiger partial charge >= 0.3 is 5.63 Å². The molecule has 1 heterocycles. The van der Waals surface area contributed by atoms with Crippen LogP contribution < -0.4 is 11.4 Å². The van der Waals surface area contributed by atoms with Crippen LogP contribution in [0.15, 0.2) is 21.3 Å². The number of nitrogen functional groups attached to an aromatic ring is 1. The van der Waals surface area contributed by atoms with Crippen LogP contribution in [0, 0.1) is 13.8 Å². The lowest BCUT2D eigenvalue weighted by molar-refractivity contribution is 0.472. The Bertz CT molecular complexity index is 599. The van der Waals surface area contributed by atoms with Gasteiger partial charge in [-0.2, -0.15) is 0 Å². The summed E-state index contributed by atoms with van der Waals surface area (Å²) >= 11 is 0. The molecule has 0 aliphatic heterocycles. The Balaban J connectivity index is 3.00. The minimum Gasteiger partial charge on any atom is -0.505 e. The lowest BCUT2D eigenvalue weighted by Gasteiger charge is -2.05. The van der Waals surface area contributed by atoms with Gasteiger partial charge in [-0.05, 0) is 37.1 Å². The molecule has 0 fully saturated rings. The van der Waals surface area contributed by atoms with Gasteiger partial charge in [0.15, 0.2) is 11.4 Å². The molecule has 2 rings (SSSR count). The van der Waals surface area contributed by atoms with Crippen molar-refractivity contribution in [2.45, 2.75) is 13.8 Å². The molecule has 2 aromatic rings. The quantitative estimate of drug-likeness (QED) is 0.642. The van der Waals surface area contributed by atoms with Crippen LogP contribution in [0.1, 0.15) is 11.1 Å². The maximum atomic E-state index is 11.2. The third-order valence-corrected chi connectivity index (χ3v) is 2.53. The lowest BCUT2D eigenvalue weighted by atomic mass is 10.1. The average Bonchev–Trinajstić information content (AvgIpc) is 2.19. The largest absolute Gasteiger partial charge is 0.505 e. The SMILES string of the molecule is Cc1cc2oc(=O)c(N)c(O)c2cc1C. The zero-order valence-corrected chi connectivity index (χ0v) is 8.50. The number of fused-ring (bicyclic) bond motifs is 1. The molecule has 78 valence electrons. The van der Waals surface area contributed by atoms with E-state index in [-0.39, 0.29) is 11.4 Å². The fraction of sp³-hybridized carbons (Fsp3) is 0.182.